The van der Waals surface area contributed by atoms with Gasteiger partial charge in [-0.1, -0.05) is 18.6 Å². The molecule has 0 saturated carbocycles. The number of alkyl halides is 3. The minimum atomic E-state index is -4.66. The number of ether oxygens (including phenoxy) is 3. The van der Waals surface area contributed by atoms with Crippen molar-refractivity contribution in [1.82, 2.24) is 14.9 Å². The maximum Gasteiger partial charge on any atom is 0.416 e. The number of nitrogens with one attached hydrogen (secondary N) is 2. The summed E-state index contributed by atoms with van der Waals surface area (Å²) in [6, 6.07) is 8.01. The molecule has 1 aliphatic heterocycles. The Labute approximate surface area is 256 Å². The Morgan fingerprint density at radius 3 is 2.39 bits per heavy atom. The minimum absolute atomic E-state index is 0.0507. The van der Waals surface area contributed by atoms with E-state index in [4.69, 9.17) is 14.2 Å². The van der Waals surface area contributed by atoms with Crippen LogP contribution in [0.3, 0.4) is 0 Å². The van der Waals surface area contributed by atoms with Gasteiger partial charge in [0.25, 0.3) is 0 Å². The van der Waals surface area contributed by atoms with Crippen LogP contribution in [-0.2, 0) is 36.9 Å². The molecule has 14 heteroatoms. The van der Waals surface area contributed by atoms with Gasteiger partial charge in [0.1, 0.15) is 6.04 Å². The summed E-state index contributed by atoms with van der Waals surface area (Å²) < 4.78 is 81.6. The van der Waals surface area contributed by atoms with Crippen molar-refractivity contribution >= 4 is 21.8 Å². The molecule has 2 N–H and O–H groups in total. The Morgan fingerprint density at radius 1 is 1.02 bits per heavy atom. The zero-order valence-electron chi connectivity index (χ0n) is 25.1. The lowest BCUT2D eigenvalue weighted by molar-refractivity contribution is -0.137. The van der Waals surface area contributed by atoms with Gasteiger partial charge in [0.05, 0.1) is 24.7 Å². The smallest absolute Gasteiger partial charge is 0.416 e. The van der Waals surface area contributed by atoms with E-state index < -0.39 is 32.7 Å². The standard InChI is InChI=1S/C30H40F3N3O7S/c1-36(44(39,40)24-9-7-8-22(20-24)30(31,32)33)15-6-4-5-10-28(37)35-25(29(38)34-23-13-16-43-17-14-23)18-21-11-12-26(41-2)27(19-21)42-3/h7-9,11-12,19-20,23,25H,4-6,10,13-18H2,1-3H3,(H,34,38)(H,35,37)/t25-/m0/s1. The second kappa shape index (κ2) is 16.1. The summed E-state index contributed by atoms with van der Waals surface area (Å²) in [6.07, 6.45) is -1.66. The van der Waals surface area contributed by atoms with Crippen molar-refractivity contribution in [3.8, 4) is 11.5 Å². The van der Waals surface area contributed by atoms with Crippen molar-refractivity contribution in [3.05, 3.63) is 53.6 Å². The van der Waals surface area contributed by atoms with Crippen LogP contribution in [0, 0.1) is 0 Å². The second-order valence-electron chi connectivity index (χ2n) is 10.6. The van der Waals surface area contributed by atoms with E-state index in [9.17, 15) is 31.2 Å². The Morgan fingerprint density at radius 2 is 1.73 bits per heavy atom. The van der Waals surface area contributed by atoms with Crippen LogP contribution >= 0.6 is 0 Å². The van der Waals surface area contributed by atoms with Gasteiger partial charge in [0.2, 0.25) is 21.8 Å². The first-order valence-electron chi connectivity index (χ1n) is 14.4. The van der Waals surface area contributed by atoms with Gasteiger partial charge < -0.3 is 24.8 Å². The van der Waals surface area contributed by atoms with E-state index in [1.807, 2.05) is 0 Å². The van der Waals surface area contributed by atoms with E-state index in [2.05, 4.69) is 10.6 Å². The Bertz CT molecular complexity index is 1370. The summed E-state index contributed by atoms with van der Waals surface area (Å²) in [5.74, 6) is 0.403. The summed E-state index contributed by atoms with van der Waals surface area (Å²) in [5, 5.41) is 5.84. The molecule has 44 heavy (non-hydrogen) atoms. The second-order valence-corrected chi connectivity index (χ2v) is 12.6. The van der Waals surface area contributed by atoms with E-state index in [0.717, 1.165) is 28.1 Å². The third-order valence-electron chi connectivity index (χ3n) is 7.35. The first-order chi connectivity index (χ1) is 20.8. The molecule has 1 heterocycles. The lowest BCUT2D eigenvalue weighted by Crippen LogP contribution is -2.51. The molecule has 2 aromatic carbocycles. The van der Waals surface area contributed by atoms with Gasteiger partial charge in [0, 0.05) is 45.7 Å². The molecule has 1 saturated heterocycles. The molecule has 1 atom stereocenters. The fourth-order valence-corrected chi connectivity index (χ4v) is 6.05. The fraction of sp³-hybridized carbons (Fsp3) is 0.533. The molecule has 0 aromatic heterocycles. The number of halogens is 3. The summed E-state index contributed by atoms with van der Waals surface area (Å²) in [4.78, 5) is 25.6. The Balaban J connectivity index is 1.54. The van der Waals surface area contributed by atoms with E-state index in [-0.39, 0.29) is 37.2 Å². The largest absolute Gasteiger partial charge is 0.493 e. The Kier molecular flexibility index (Phi) is 12.8. The van der Waals surface area contributed by atoms with Crippen LogP contribution in [0.25, 0.3) is 0 Å². The zero-order chi connectivity index (χ0) is 32.3. The molecular weight excluding hydrogens is 603 g/mol. The number of hydrogen-bond donors (Lipinski definition) is 2. The highest BCUT2D eigenvalue weighted by Crippen LogP contribution is 2.31. The van der Waals surface area contributed by atoms with Gasteiger partial charge >= 0.3 is 6.18 Å². The molecule has 244 valence electrons. The number of methoxy groups -OCH3 is 2. The molecule has 2 aromatic rings. The highest BCUT2D eigenvalue weighted by atomic mass is 32.2. The van der Waals surface area contributed by atoms with Gasteiger partial charge in [-0.15, -0.1) is 0 Å². The number of nitrogens with zero attached hydrogens (tertiary/aromatic N) is 1. The number of amides is 2. The first kappa shape index (κ1) is 35.1. The molecule has 0 unspecified atom stereocenters. The summed E-state index contributed by atoms with van der Waals surface area (Å²) in [7, 11) is 0.220. The SMILES string of the molecule is COc1ccc(C[C@H](NC(=O)CCCCCN(C)S(=O)(=O)c2cccc(C(F)(F)F)c2)C(=O)NC2CCOCC2)cc1OC. The number of benzene rings is 2. The molecule has 3 rings (SSSR count). The molecule has 0 spiro atoms. The van der Waals surface area contributed by atoms with Crippen LogP contribution < -0.4 is 20.1 Å². The molecule has 10 nitrogen and oxygen atoms in total. The van der Waals surface area contributed by atoms with Crippen LogP contribution in [0.5, 0.6) is 11.5 Å². The summed E-state index contributed by atoms with van der Waals surface area (Å²) in [5.41, 5.74) is -0.274. The zero-order valence-corrected chi connectivity index (χ0v) is 25.9. The van der Waals surface area contributed by atoms with E-state index >= 15 is 0 Å². The van der Waals surface area contributed by atoms with E-state index in [1.54, 1.807) is 18.2 Å². The van der Waals surface area contributed by atoms with Crippen LogP contribution in [0.4, 0.5) is 13.2 Å². The highest BCUT2D eigenvalue weighted by Gasteiger charge is 2.32. The number of carbonyl (C=O) groups excluding carboxylic acids is 2. The predicted octanol–water partition coefficient (Wildman–Crippen LogP) is 3.93. The summed E-state index contributed by atoms with van der Waals surface area (Å²) >= 11 is 0. The van der Waals surface area contributed by atoms with Crippen LogP contribution in [0.2, 0.25) is 0 Å². The number of hydrogen-bond acceptors (Lipinski definition) is 7. The van der Waals surface area contributed by atoms with Gasteiger partial charge in [-0.25, -0.2) is 12.7 Å². The number of sulfonamides is 1. The van der Waals surface area contributed by atoms with Gasteiger partial charge in [-0.2, -0.15) is 13.2 Å². The van der Waals surface area contributed by atoms with Gasteiger partial charge in [-0.3, -0.25) is 9.59 Å². The van der Waals surface area contributed by atoms with Gasteiger partial charge in [0.15, 0.2) is 11.5 Å². The van der Waals surface area contributed by atoms with Crippen molar-refractivity contribution in [2.45, 2.75) is 68.1 Å². The molecule has 0 aliphatic carbocycles. The van der Waals surface area contributed by atoms with Crippen molar-refractivity contribution in [1.29, 1.82) is 0 Å². The van der Waals surface area contributed by atoms with Crippen LogP contribution in [-0.4, -0.2) is 77.6 Å². The Hall–Kier alpha value is -3.36. The highest BCUT2D eigenvalue weighted by molar-refractivity contribution is 7.89. The number of rotatable bonds is 15. The predicted molar refractivity (Wildman–Crippen MR) is 157 cm³/mol. The monoisotopic (exact) mass is 643 g/mol. The topological polar surface area (TPSA) is 123 Å². The van der Waals surface area contributed by atoms with Crippen molar-refractivity contribution in [3.63, 3.8) is 0 Å². The summed E-state index contributed by atoms with van der Waals surface area (Å²) in [6.45, 7) is 1.16. The van der Waals surface area contributed by atoms with E-state index in [0.29, 0.717) is 62.9 Å². The molecule has 2 amide bonds. The molecule has 1 aliphatic rings. The third-order valence-corrected chi connectivity index (χ3v) is 9.21. The fourth-order valence-electron chi connectivity index (χ4n) is 4.79. The van der Waals surface area contributed by atoms with Crippen LogP contribution in [0.15, 0.2) is 47.4 Å². The molecule has 1 fully saturated rings. The average molecular weight is 644 g/mol. The lowest BCUT2D eigenvalue weighted by Gasteiger charge is -2.26. The molecule has 0 bridgehead atoms. The molecular formula is C30H40F3N3O7S. The van der Waals surface area contributed by atoms with E-state index in [1.165, 1.54) is 21.3 Å². The van der Waals surface area contributed by atoms with Crippen molar-refractivity contribution in [2.75, 3.05) is 41.0 Å². The quantitative estimate of drug-likeness (QED) is 0.282. The molecule has 0 radical (unpaired) electrons. The van der Waals surface area contributed by atoms with Crippen molar-refractivity contribution in [2.24, 2.45) is 0 Å². The number of carbonyl (C=O) groups is 2. The van der Waals surface area contributed by atoms with Crippen molar-refractivity contribution < 1.29 is 45.4 Å². The maximum atomic E-state index is 13.2. The van der Waals surface area contributed by atoms with Gasteiger partial charge in [-0.05, 0) is 61.6 Å². The lowest BCUT2D eigenvalue weighted by atomic mass is 10.0. The first-order valence-corrected chi connectivity index (χ1v) is 15.8. The number of unbranched alkanes of at least 4 members (excludes halogenated alkanes) is 2. The normalized spacial score (nSPS) is 15.1. The third kappa shape index (κ3) is 10.1. The van der Waals surface area contributed by atoms with Crippen LogP contribution in [0.1, 0.15) is 49.7 Å². The minimum Gasteiger partial charge on any atom is -0.493 e. The average Bonchev–Trinajstić information content (AvgIpc) is 3.00. The maximum absolute atomic E-state index is 13.2.